The second-order valence-corrected chi connectivity index (χ2v) is 6.19. The Hall–Kier alpha value is -1.40. The third kappa shape index (κ3) is 6.15. The molecule has 0 saturated carbocycles. The standard InChI is InChI=1S/C16H27N3O3/c20-14-7-4-10-19(11-14)12-15(21)18-16(22)17-9-8-13-5-2-1-3-6-13/h5,14,20H,1-4,6-12H2,(H2,17,18,21,22)/t14-/m1/s1. The summed E-state index contributed by atoms with van der Waals surface area (Å²) in [6.07, 6.45) is 9.19. The van der Waals surface area contributed by atoms with Crippen LogP contribution in [-0.4, -0.2) is 54.2 Å². The number of amides is 3. The fourth-order valence-corrected chi connectivity index (χ4v) is 3.06. The summed E-state index contributed by atoms with van der Waals surface area (Å²) in [5.74, 6) is -0.316. The van der Waals surface area contributed by atoms with Crippen LogP contribution in [-0.2, 0) is 4.79 Å². The van der Waals surface area contributed by atoms with Crippen molar-refractivity contribution in [3.05, 3.63) is 11.6 Å². The first-order valence-electron chi connectivity index (χ1n) is 8.29. The van der Waals surface area contributed by atoms with Crippen molar-refractivity contribution in [1.82, 2.24) is 15.5 Å². The number of hydrogen-bond acceptors (Lipinski definition) is 4. The Bertz CT molecular complexity index is 423. The summed E-state index contributed by atoms with van der Waals surface area (Å²) in [7, 11) is 0. The number of urea groups is 1. The van der Waals surface area contributed by atoms with Crippen LogP contribution in [0.15, 0.2) is 11.6 Å². The Morgan fingerprint density at radius 3 is 2.91 bits per heavy atom. The van der Waals surface area contributed by atoms with Crippen LogP contribution in [0.25, 0.3) is 0 Å². The number of nitrogens with zero attached hydrogens (tertiary/aromatic N) is 1. The van der Waals surface area contributed by atoms with E-state index in [1.165, 1.54) is 18.4 Å². The highest BCUT2D eigenvalue weighted by molar-refractivity contribution is 5.95. The zero-order valence-corrected chi connectivity index (χ0v) is 13.1. The van der Waals surface area contributed by atoms with E-state index in [-0.39, 0.29) is 18.6 Å². The van der Waals surface area contributed by atoms with Gasteiger partial charge in [0.15, 0.2) is 0 Å². The average molecular weight is 309 g/mol. The van der Waals surface area contributed by atoms with Gasteiger partial charge in [-0.1, -0.05) is 11.6 Å². The first-order valence-corrected chi connectivity index (χ1v) is 8.29. The summed E-state index contributed by atoms with van der Waals surface area (Å²) in [5.41, 5.74) is 1.40. The van der Waals surface area contributed by atoms with Crippen LogP contribution >= 0.6 is 0 Å². The van der Waals surface area contributed by atoms with Crippen molar-refractivity contribution in [3.63, 3.8) is 0 Å². The van der Waals surface area contributed by atoms with Crippen molar-refractivity contribution in [2.24, 2.45) is 0 Å². The number of carbonyl (C=O) groups excluding carboxylic acids is 2. The number of hydrogen-bond donors (Lipinski definition) is 3. The van der Waals surface area contributed by atoms with E-state index in [2.05, 4.69) is 16.7 Å². The molecule has 1 saturated heterocycles. The van der Waals surface area contributed by atoms with Crippen LogP contribution in [0.2, 0.25) is 0 Å². The van der Waals surface area contributed by atoms with Gasteiger partial charge in [-0.15, -0.1) is 0 Å². The van der Waals surface area contributed by atoms with E-state index in [0.29, 0.717) is 13.1 Å². The lowest BCUT2D eigenvalue weighted by atomic mass is 9.97. The smallest absolute Gasteiger partial charge is 0.321 e. The van der Waals surface area contributed by atoms with Gasteiger partial charge in [0, 0.05) is 13.1 Å². The molecule has 2 rings (SSSR count). The SMILES string of the molecule is O=C(CN1CCC[C@@H](O)C1)NC(=O)NCCC1=CCCCC1. The quantitative estimate of drug-likeness (QED) is 0.666. The maximum Gasteiger partial charge on any atom is 0.321 e. The topological polar surface area (TPSA) is 81.7 Å². The Balaban J connectivity index is 1.59. The van der Waals surface area contributed by atoms with Gasteiger partial charge < -0.3 is 10.4 Å². The number of aliphatic hydroxyl groups is 1. The highest BCUT2D eigenvalue weighted by Crippen LogP contribution is 2.19. The number of piperidine rings is 1. The maximum absolute atomic E-state index is 11.8. The molecule has 124 valence electrons. The predicted octanol–water partition coefficient (Wildman–Crippen LogP) is 1.16. The van der Waals surface area contributed by atoms with Gasteiger partial charge in [0.25, 0.3) is 0 Å². The van der Waals surface area contributed by atoms with Crippen LogP contribution in [0, 0.1) is 0 Å². The molecule has 2 aliphatic rings. The number of rotatable bonds is 5. The molecule has 0 aromatic rings. The average Bonchev–Trinajstić information content (AvgIpc) is 2.48. The van der Waals surface area contributed by atoms with Gasteiger partial charge in [0.1, 0.15) is 0 Å². The van der Waals surface area contributed by atoms with Gasteiger partial charge in [-0.2, -0.15) is 0 Å². The van der Waals surface area contributed by atoms with Crippen LogP contribution in [0.3, 0.4) is 0 Å². The minimum absolute atomic E-state index is 0.162. The highest BCUT2D eigenvalue weighted by Gasteiger charge is 2.20. The molecule has 0 spiro atoms. The summed E-state index contributed by atoms with van der Waals surface area (Å²) in [5, 5.41) is 14.6. The highest BCUT2D eigenvalue weighted by atomic mass is 16.3. The van der Waals surface area contributed by atoms with Crippen molar-refractivity contribution in [1.29, 1.82) is 0 Å². The summed E-state index contributed by atoms with van der Waals surface area (Å²) in [4.78, 5) is 25.3. The van der Waals surface area contributed by atoms with Gasteiger partial charge in [0.05, 0.1) is 12.6 Å². The predicted molar refractivity (Wildman–Crippen MR) is 84.4 cm³/mol. The third-order valence-electron chi connectivity index (χ3n) is 4.22. The van der Waals surface area contributed by atoms with Crippen LogP contribution in [0.4, 0.5) is 4.79 Å². The lowest BCUT2D eigenvalue weighted by Gasteiger charge is -2.29. The molecule has 1 aliphatic carbocycles. The largest absolute Gasteiger partial charge is 0.392 e. The number of carbonyl (C=O) groups is 2. The molecule has 3 amide bonds. The van der Waals surface area contributed by atoms with E-state index >= 15 is 0 Å². The third-order valence-corrected chi connectivity index (χ3v) is 4.22. The van der Waals surface area contributed by atoms with E-state index in [9.17, 15) is 14.7 Å². The summed E-state index contributed by atoms with van der Waals surface area (Å²) in [6.45, 7) is 2.02. The van der Waals surface area contributed by atoms with Crippen molar-refractivity contribution >= 4 is 11.9 Å². The molecule has 1 aliphatic heterocycles. The lowest BCUT2D eigenvalue weighted by molar-refractivity contribution is -0.121. The molecule has 3 N–H and O–H groups in total. The minimum Gasteiger partial charge on any atom is -0.392 e. The molecule has 1 fully saturated rings. The van der Waals surface area contributed by atoms with Crippen LogP contribution < -0.4 is 10.6 Å². The monoisotopic (exact) mass is 309 g/mol. The molecule has 1 atom stereocenters. The summed E-state index contributed by atoms with van der Waals surface area (Å²) < 4.78 is 0. The second-order valence-electron chi connectivity index (χ2n) is 6.19. The number of β-amino-alcohol motifs (C(OH)–C–C–N with tert-alkyl or cyclic N) is 1. The fraction of sp³-hybridized carbons (Fsp3) is 0.750. The van der Waals surface area contributed by atoms with E-state index < -0.39 is 6.03 Å². The Labute approximate surface area is 131 Å². The molecular weight excluding hydrogens is 282 g/mol. The molecule has 1 heterocycles. The first kappa shape index (κ1) is 17.0. The van der Waals surface area contributed by atoms with Crippen molar-refractivity contribution in [3.8, 4) is 0 Å². The van der Waals surface area contributed by atoms with Crippen LogP contribution in [0.1, 0.15) is 44.9 Å². The molecule has 6 heteroatoms. The molecule has 22 heavy (non-hydrogen) atoms. The summed E-state index contributed by atoms with van der Waals surface area (Å²) >= 11 is 0. The Morgan fingerprint density at radius 2 is 2.18 bits per heavy atom. The van der Waals surface area contributed by atoms with Gasteiger partial charge in [0.2, 0.25) is 5.91 Å². The number of aliphatic hydroxyl groups excluding tert-OH is 1. The van der Waals surface area contributed by atoms with E-state index in [1.54, 1.807) is 0 Å². The van der Waals surface area contributed by atoms with Crippen LogP contribution in [0.5, 0.6) is 0 Å². The number of allylic oxidation sites excluding steroid dienone is 1. The molecule has 6 nitrogen and oxygen atoms in total. The Morgan fingerprint density at radius 1 is 1.32 bits per heavy atom. The molecular formula is C16H27N3O3. The minimum atomic E-state index is -0.432. The number of likely N-dealkylation sites (tertiary alicyclic amines) is 1. The molecule has 0 aromatic carbocycles. The Kier molecular flexibility index (Phi) is 6.86. The van der Waals surface area contributed by atoms with Crippen molar-refractivity contribution < 1.29 is 14.7 Å². The number of imide groups is 1. The zero-order valence-electron chi connectivity index (χ0n) is 13.1. The van der Waals surface area contributed by atoms with E-state index in [4.69, 9.17) is 0 Å². The first-order chi connectivity index (χ1) is 10.6. The lowest BCUT2D eigenvalue weighted by Crippen LogP contribution is -2.47. The molecule has 0 aromatic heterocycles. The van der Waals surface area contributed by atoms with Gasteiger partial charge in [-0.05, 0) is 51.5 Å². The van der Waals surface area contributed by atoms with Crippen molar-refractivity contribution in [2.75, 3.05) is 26.2 Å². The van der Waals surface area contributed by atoms with E-state index in [0.717, 1.165) is 38.6 Å². The zero-order chi connectivity index (χ0) is 15.8. The van der Waals surface area contributed by atoms with Gasteiger partial charge in [-0.3, -0.25) is 15.0 Å². The summed E-state index contributed by atoms with van der Waals surface area (Å²) in [6, 6.07) is -0.432. The second kappa shape index (κ2) is 8.90. The van der Waals surface area contributed by atoms with E-state index in [1.807, 2.05) is 4.90 Å². The maximum atomic E-state index is 11.8. The molecule has 0 unspecified atom stereocenters. The van der Waals surface area contributed by atoms with Gasteiger partial charge >= 0.3 is 6.03 Å². The normalized spacial score (nSPS) is 22.8. The fourth-order valence-electron chi connectivity index (χ4n) is 3.06. The number of nitrogens with one attached hydrogen (secondary N) is 2. The molecule has 0 bridgehead atoms. The molecule has 0 radical (unpaired) electrons. The van der Waals surface area contributed by atoms with Gasteiger partial charge in [-0.25, -0.2) is 4.79 Å². The van der Waals surface area contributed by atoms with Crippen molar-refractivity contribution in [2.45, 2.75) is 51.0 Å².